The van der Waals surface area contributed by atoms with E-state index in [1.807, 2.05) is 0 Å². The number of carbonyl (C=O) groups excluding carboxylic acids is 3. The molecule has 1 aromatic heterocycles. The van der Waals surface area contributed by atoms with Crippen LogP contribution in [-0.4, -0.2) is 51.2 Å². The number of amides is 2. The van der Waals surface area contributed by atoms with Crippen molar-refractivity contribution < 1.29 is 53.9 Å². The van der Waals surface area contributed by atoms with Crippen molar-refractivity contribution in [3.63, 3.8) is 0 Å². The standard InChI is InChI=1S/C13H13N5O5S2.Na/c1-23-17-10(5-4-24-13(14)15-5)11(20)16-7-2-6(12(21)22)18-8(19)3-9(18)25-7;/h2,4,7,9H,3H2,1H3,(H2,14,15)(H,16,20)(H,21,22);/q;+1/p-1/t7?,9-;/m1./s1. The Balaban J connectivity index is 0.00000243. The summed E-state index contributed by atoms with van der Waals surface area (Å²) in [4.78, 5) is 45.0. The number of aliphatic carboxylic acids is 1. The summed E-state index contributed by atoms with van der Waals surface area (Å²) in [5.74, 6) is -2.38. The smallest absolute Gasteiger partial charge is 0.543 e. The minimum absolute atomic E-state index is 0. The van der Waals surface area contributed by atoms with Crippen LogP contribution in [0.15, 0.2) is 22.3 Å². The number of nitrogens with one attached hydrogen (secondary N) is 1. The number of thioether (sulfide) groups is 1. The van der Waals surface area contributed by atoms with Crippen LogP contribution < -0.4 is 45.7 Å². The molecule has 2 amide bonds. The van der Waals surface area contributed by atoms with Crippen LogP contribution in [0.1, 0.15) is 12.1 Å². The normalized spacial score (nSPS) is 21.7. The van der Waals surface area contributed by atoms with E-state index < -0.39 is 17.3 Å². The van der Waals surface area contributed by atoms with Gasteiger partial charge in [0, 0.05) is 5.38 Å². The summed E-state index contributed by atoms with van der Waals surface area (Å²) in [7, 11) is 1.28. The van der Waals surface area contributed by atoms with Crippen LogP contribution in [0.25, 0.3) is 0 Å². The Bertz CT molecular complexity index is 811. The number of β-lactam (4-membered cyclic amide) rings is 1. The van der Waals surface area contributed by atoms with Crippen molar-refractivity contribution in [3.8, 4) is 0 Å². The molecule has 2 atom stereocenters. The van der Waals surface area contributed by atoms with Gasteiger partial charge >= 0.3 is 29.6 Å². The van der Waals surface area contributed by atoms with E-state index in [-0.39, 0.29) is 69.5 Å². The summed E-state index contributed by atoms with van der Waals surface area (Å²) in [6, 6.07) is 0. The van der Waals surface area contributed by atoms with Gasteiger partial charge < -0.3 is 25.8 Å². The van der Waals surface area contributed by atoms with Gasteiger partial charge in [0.15, 0.2) is 10.8 Å². The Morgan fingerprint density at radius 2 is 2.27 bits per heavy atom. The summed E-state index contributed by atoms with van der Waals surface area (Å²) < 4.78 is 0. The van der Waals surface area contributed by atoms with Crippen molar-refractivity contribution in [2.24, 2.45) is 5.16 Å². The molecule has 1 unspecified atom stereocenters. The summed E-state index contributed by atoms with van der Waals surface area (Å²) in [6.45, 7) is 0. The molecule has 1 saturated heterocycles. The molecular weight excluding hydrogens is 393 g/mol. The second kappa shape index (κ2) is 8.39. The Hall–Kier alpha value is -1.60. The second-order valence-corrected chi connectivity index (χ2v) is 7.20. The number of anilines is 1. The van der Waals surface area contributed by atoms with E-state index in [2.05, 4.69) is 20.3 Å². The largest absolute Gasteiger partial charge is 1.00 e. The van der Waals surface area contributed by atoms with Crippen LogP contribution in [0.3, 0.4) is 0 Å². The van der Waals surface area contributed by atoms with Crippen molar-refractivity contribution in [1.29, 1.82) is 0 Å². The molecule has 0 aromatic carbocycles. The van der Waals surface area contributed by atoms with Crippen LogP contribution in [0.2, 0.25) is 0 Å². The third kappa shape index (κ3) is 4.04. The van der Waals surface area contributed by atoms with Crippen LogP contribution in [0, 0.1) is 0 Å². The van der Waals surface area contributed by atoms with Gasteiger partial charge in [0.25, 0.3) is 5.91 Å². The first-order chi connectivity index (χ1) is 11.9. The first-order valence-electron chi connectivity index (χ1n) is 6.94. The minimum Gasteiger partial charge on any atom is -0.543 e. The molecule has 0 saturated carbocycles. The molecule has 0 bridgehead atoms. The third-order valence-corrected chi connectivity index (χ3v) is 5.34. The summed E-state index contributed by atoms with van der Waals surface area (Å²) in [5, 5.41) is 18.3. The summed E-state index contributed by atoms with van der Waals surface area (Å²) in [5.41, 5.74) is 5.45. The van der Waals surface area contributed by atoms with Crippen molar-refractivity contribution in [1.82, 2.24) is 15.2 Å². The molecule has 2 aliphatic heterocycles. The molecule has 0 aliphatic carbocycles. The third-order valence-electron chi connectivity index (χ3n) is 3.42. The van der Waals surface area contributed by atoms with E-state index in [9.17, 15) is 19.5 Å². The number of aromatic nitrogens is 1. The van der Waals surface area contributed by atoms with Gasteiger partial charge in [0.1, 0.15) is 12.8 Å². The number of fused-ring (bicyclic) bond motifs is 1. The Morgan fingerprint density at radius 3 is 2.81 bits per heavy atom. The zero-order valence-electron chi connectivity index (χ0n) is 13.8. The van der Waals surface area contributed by atoms with E-state index in [0.717, 1.165) is 16.2 Å². The number of hydrogen-bond acceptors (Lipinski definition) is 10. The summed E-state index contributed by atoms with van der Waals surface area (Å²) >= 11 is 2.38. The van der Waals surface area contributed by atoms with Crippen molar-refractivity contribution >= 4 is 51.7 Å². The van der Waals surface area contributed by atoms with Crippen LogP contribution >= 0.6 is 23.1 Å². The van der Waals surface area contributed by atoms with Gasteiger partial charge in [-0.05, 0) is 6.08 Å². The van der Waals surface area contributed by atoms with Gasteiger partial charge in [-0.25, -0.2) is 4.98 Å². The summed E-state index contributed by atoms with van der Waals surface area (Å²) in [6.07, 6.45) is 1.45. The van der Waals surface area contributed by atoms with E-state index >= 15 is 0 Å². The van der Waals surface area contributed by atoms with Crippen molar-refractivity contribution in [2.75, 3.05) is 12.8 Å². The average molecular weight is 405 g/mol. The predicted molar refractivity (Wildman–Crippen MR) is 87.9 cm³/mol. The van der Waals surface area contributed by atoms with Gasteiger partial charge in [0.2, 0.25) is 5.91 Å². The number of nitrogen functional groups attached to an aromatic ring is 1. The number of carbonyl (C=O) groups is 3. The van der Waals surface area contributed by atoms with Gasteiger partial charge in [0.05, 0.1) is 28.8 Å². The zero-order chi connectivity index (χ0) is 18.1. The number of rotatable bonds is 5. The molecule has 1 fully saturated rings. The van der Waals surface area contributed by atoms with E-state index in [1.165, 1.54) is 24.9 Å². The van der Waals surface area contributed by atoms with Crippen molar-refractivity contribution in [3.05, 3.63) is 22.8 Å². The van der Waals surface area contributed by atoms with Crippen LogP contribution in [-0.2, 0) is 19.2 Å². The average Bonchev–Trinajstić information content (AvgIpc) is 2.96. The van der Waals surface area contributed by atoms with Crippen molar-refractivity contribution in [2.45, 2.75) is 17.2 Å². The number of nitrogens with two attached hydrogens (primary N) is 1. The van der Waals surface area contributed by atoms with Gasteiger partial charge in [-0.1, -0.05) is 5.16 Å². The molecule has 0 spiro atoms. The molecule has 1 aromatic rings. The maximum absolute atomic E-state index is 12.5. The topological polar surface area (TPSA) is 150 Å². The molecule has 132 valence electrons. The van der Waals surface area contributed by atoms with Gasteiger partial charge in [-0.3, -0.25) is 14.5 Å². The molecule has 3 rings (SSSR count). The molecule has 3 N–H and O–H groups in total. The Morgan fingerprint density at radius 1 is 1.54 bits per heavy atom. The SMILES string of the molecule is CON=C(C(=O)NC1C=C(C(=O)[O-])N2C(=O)C[C@H]2S1)c1csc(N)n1.[Na+]. The van der Waals surface area contributed by atoms with Gasteiger partial charge in [-0.15, -0.1) is 23.1 Å². The van der Waals surface area contributed by atoms with E-state index in [0.29, 0.717) is 0 Å². The Labute approximate surface area is 178 Å². The van der Waals surface area contributed by atoms with Crippen LogP contribution in [0.4, 0.5) is 5.13 Å². The minimum atomic E-state index is -1.48. The zero-order valence-corrected chi connectivity index (χ0v) is 17.4. The molecule has 2 aliphatic rings. The number of oxime groups is 1. The fourth-order valence-electron chi connectivity index (χ4n) is 2.35. The first kappa shape index (κ1) is 20.7. The molecule has 3 heterocycles. The Kier molecular flexibility index (Phi) is 6.69. The second-order valence-electron chi connectivity index (χ2n) is 4.99. The maximum Gasteiger partial charge on any atom is 1.00 e. The molecule has 13 heteroatoms. The number of carboxylic acid groups (broad SMARTS) is 1. The fourth-order valence-corrected chi connectivity index (χ4v) is 4.21. The molecule has 0 radical (unpaired) electrons. The quantitative estimate of drug-likeness (QED) is 0.215. The number of thiazole rings is 1. The number of nitrogens with zero attached hydrogens (tertiary/aromatic N) is 3. The maximum atomic E-state index is 12.5. The fraction of sp³-hybridized carbons (Fsp3) is 0.308. The monoisotopic (exact) mass is 405 g/mol. The van der Waals surface area contributed by atoms with Gasteiger partial charge in [-0.2, -0.15) is 0 Å². The molecule has 10 nitrogen and oxygen atoms in total. The van der Waals surface area contributed by atoms with E-state index in [4.69, 9.17) is 5.73 Å². The molecular formula is C13H12N5NaO5S2. The number of hydrogen-bond donors (Lipinski definition) is 2. The van der Waals surface area contributed by atoms with E-state index in [1.54, 1.807) is 5.38 Å². The van der Waals surface area contributed by atoms with Crippen LogP contribution in [0.5, 0.6) is 0 Å². The first-order valence-corrected chi connectivity index (χ1v) is 8.77. The predicted octanol–water partition coefficient (Wildman–Crippen LogP) is -4.54. The number of carboxylic acids is 1. The molecule has 26 heavy (non-hydrogen) atoms.